The number of aryl methyl sites for hydroxylation is 1. The minimum absolute atomic E-state index is 0.494. The maximum absolute atomic E-state index is 9.11. The van der Waals surface area contributed by atoms with Crippen molar-refractivity contribution in [3.05, 3.63) is 58.5 Å². The Bertz CT molecular complexity index is 833. The van der Waals surface area contributed by atoms with E-state index < -0.39 is 0 Å². The molecule has 0 amide bonds. The molecule has 4 nitrogen and oxygen atoms in total. The number of pyridine rings is 1. The largest absolute Gasteiger partial charge is 0.452 e. The number of nitrogens with zero attached hydrogens (tertiary/aromatic N) is 3. The van der Waals surface area contributed by atoms with E-state index >= 15 is 0 Å². The maximum atomic E-state index is 9.11. The van der Waals surface area contributed by atoms with Crippen molar-refractivity contribution >= 4 is 21.6 Å². The van der Waals surface area contributed by atoms with Gasteiger partial charge in [-0.05, 0) is 35.0 Å². The fraction of sp³-hybridized carbons (Fsp3) is 0.0667. The third kappa shape index (κ3) is 2.26. The molecule has 0 atom stereocenters. The third-order valence-electron chi connectivity index (χ3n) is 2.83. The van der Waals surface area contributed by atoms with Crippen molar-refractivity contribution in [3.8, 4) is 17.6 Å². The Morgan fingerprint density at radius 3 is 2.85 bits per heavy atom. The highest BCUT2D eigenvalue weighted by Gasteiger charge is 2.10. The van der Waals surface area contributed by atoms with Crippen LogP contribution in [0.4, 0.5) is 0 Å². The molecule has 0 aliphatic rings. The van der Waals surface area contributed by atoms with E-state index in [-0.39, 0.29) is 0 Å². The van der Waals surface area contributed by atoms with Gasteiger partial charge in [-0.1, -0.05) is 12.1 Å². The summed E-state index contributed by atoms with van der Waals surface area (Å²) in [6.45, 7) is 1.92. The van der Waals surface area contributed by atoms with Crippen LogP contribution in [0.3, 0.4) is 0 Å². The van der Waals surface area contributed by atoms with Crippen molar-refractivity contribution in [3.63, 3.8) is 0 Å². The standard InChI is InChI=1S/C15H10BrN3O/c1-10-8-19-9-12(16)6-14(15(19)18-10)20-13-5-3-2-4-11(13)7-17/h2-6,8-9H,1H3. The van der Waals surface area contributed by atoms with Crippen LogP contribution >= 0.6 is 15.9 Å². The molecule has 0 fully saturated rings. The number of ether oxygens (including phenoxy) is 1. The van der Waals surface area contributed by atoms with Gasteiger partial charge in [-0.25, -0.2) is 4.98 Å². The quantitative estimate of drug-likeness (QED) is 0.712. The number of rotatable bonds is 2. The Morgan fingerprint density at radius 2 is 2.05 bits per heavy atom. The van der Waals surface area contributed by atoms with E-state index in [2.05, 4.69) is 27.0 Å². The summed E-state index contributed by atoms with van der Waals surface area (Å²) in [6.07, 6.45) is 3.83. The summed E-state index contributed by atoms with van der Waals surface area (Å²) < 4.78 is 8.65. The lowest BCUT2D eigenvalue weighted by atomic mass is 10.2. The minimum Gasteiger partial charge on any atom is -0.452 e. The van der Waals surface area contributed by atoms with Gasteiger partial charge in [0.25, 0.3) is 0 Å². The number of nitriles is 1. The zero-order valence-electron chi connectivity index (χ0n) is 10.7. The number of aromatic nitrogens is 2. The smallest absolute Gasteiger partial charge is 0.180 e. The number of imidazole rings is 1. The van der Waals surface area contributed by atoms with E-state index in [1.165, 1.54) is 0 Å². The van der Waals surface area contributed by atoms with E-state index in [0.29, 0.717) is 17.1 Å². The molecule has 0 spiro atoms. The molecular formula is C15H10BrN3O. The molecule has 0 N–H and O–H groups in total. The number of fused-ring (bicyclic) bond motifs is 1. The Hall–Kier alpha value is -2.32. The molecule has 3 rings (SSSR count). The first-order chi connectivity index (χ1) is 9.67. The molecule has 0 radical (unpaired) electrons. The van der Waals surface area contributed by atoms with Gasteiger partial charge in [0.1, 0.15) is 11.8 Å². The van der Waals surface area contributed by atoms with Crippen molar-refractivity contribution in [2.24, 2.45) is 0 Å². The van der Waals surface area contributed by atoms with Gasteiger partial charge >= 0.3 is 0 Å². The summed E-state index contributed by atoms with van der Waals surface area (Å²) in [7, 11) is 0. The molecular weight excluding hydrogens is 318 g/mol. The zero-order chi connectivity index (χ0) is 14.1. The van der Waals surface area contributed by atoms with E-state index in [1.54, 1.807) is 12.1 Å². The molecule has 0 bridgehead atoms. The van der Waals surface area contributed by atoms with Crippen molar-refractivity contribution in [1.29, 1.82) is 5.26 Å². The number of para-hydroxylation sites is 1. The summed E-state index contributed by atoms with van der Waals surface area (Å²) in [5, 5.41) is 9.11. The van der Waals surface area contributed by atoms with Gasteiger partial charge in [-0.3, -0.25) is 0 Å². The van der Waals surface area contributed by atoms with Crippen LogP contribution in [-0.4, -0.2) is 9.38 Å². The van der Waals surface area contributed by atoms with Crippen LogP contribution in [0.25, 0.3) is 5.65 Å². The first-order valence-electron chi connectivity index (χ1n) is 5.99. The van der Waals surface area contributed by atoms with Crippen LogP contribution in [-0.2, 0) is 0 Å². The molecule has 0 aliphatic carbocycles. The molecule has 5 heteroatoms. The lowest BCUT2D eigenvalue weighted by Crippen LogP contribution is -1.92. The fourth-order valence-electron chi connectivity index (χ4n) is 2.00. The van der Waals surface area contributed by atoms with Crippen molar-refractivity contribution in [2.45, 2.75) is 6.92 Å². The maximum Gasteiger partial charge on any atom is 0.180 e. The highest BCUT2D eigenvalue weighted by Crippen LogP contribution is 2.30. The number of halogens is 1. The Morgan fingerprint density at radius 1 is 1.25 bits per heavy atom. The number of benzene rings is 1. The second-order valence-electron chi connectivity index (χ2n) is 4.35. The fourth-order valence-corrected chi connectivity index (χ4v) is 2.43. The van der Waals surface area contributed by atoms with Crippen molar-refractivity contribution in [1.82, 2.24) is 9.38 Å². The molecule has 0 saturated carbocycles. The van der Waals surface area contributed by atoms with Gasteiger partial charge in [0.2, 0.25) is 0 Å². The van der Waals surface area contributed by atoms with Crippen LogP contribution in [0, 0.1) is 18.3 Å². The zero-order valence-corrected chi connectivity index (χ0v) is 12.3. The SMILES string of the molecule is Cc1cn2cc(Br)cc(Oc3ccccc3C#N)c2n1. The second kappa shape index (κ2) is 4.99. The highest BCUT2D eigenvalue weighted by molar-refractivity contribution is 9.10. The molecule has 2 heterocycles. The molecule has 0 unspecified atom stereocenters. The minimum atomic E-state index is 0.494. The van der Waals surface area contributed by atoms with Crippen molar-refractivity contribution < 1.29 is 4.74 Å². The Balaban J connectivity index is 2.13. The molecule has 20 heavy (non-hydrogen) atoms. The average Bonchev–Trinajstić information content (AvgIpc) is 2.79. The van der Waals surface area contributed by atoms with Gasteiger partial charge in [0.15, 0.2) is 11.4 Å². The van der Waals surface area contributed by atoms with Crippen molar-refractivity contribution in [2.75, 3.05) is 0 Å². The molecule has 1 aromatic carbocycles. The summed E-state index contributed by atoms with van der Waals surface area (Å²) in [5.41, 5.74) is 2.12. The topological polar surface area (TPSA) is 50.3 Å². The number of hydrogen-bond donors (Lipinski definition) is 0. The molecule has 98 valence electrons. The van der Waals surface area contributed by atoms with E-state index in [1.807, 2.05) is 41.9 Å². The van der Waals surface area contributed by atoms with Gasteiger partial charge in [0, 0.05) is 22.9 Å². The van der Waals surface area contributed by atoms with Crippen LogP contribution in [0.2, 0.25) is 0 Å². The van der Waals surface area contributed by atoms with Crippen LogP contribution in [0.15, 0.2) is 47.2 Å². The first kappa shape index (κ1) is 12.7. The van der Waals surface area contributed by atoms with Crippen LogP contribution in [0.1, 0.15) is 11.3 Å². The second-order valence-corrected chi connectivity index (χ2v) is 5.26. The predicted octanol–water partition coefficient (Wildman–Crippen LogP) is 4.07. The summed E-state index contributed by atoms with van der Waals surface area (Å²) in [6, 6.07) is 11.1. The third-order valence-corrected chi connectivity index (χ3v) is 3.27. The lowest BCUT2D eigenvalue weighted by molar-refractivity contribution is 0.482. The van der Waals surface area contributed by atoms with E-state index in [0.717, 1.165) is 15.8 Å². The summed E-state index contributed by atoms with van der Waals surface area (Å²) in [4.78, 5) is 4.44. The average molecular weight is 328 g/mol. The molecule has 0 saturated heterocycles. The van der Waals surface area contributed by atoms with Crippen LogP contribution in [0.5, 0.6) is 11.5 Å². The van der Waals surface area contributed by atoms with Gasteiger partial charge in [-0.2, -0.15) is 5.26 Å². The molecule has 2 aromatic heterocycles. The summed E-state index contributed by atoms with van der Waals surface area (Å²) in [5.74, 6) is 1.13. The van der Waals surface area contributed by atoms with E-state index in [9.17, 15) is 0 Å². The normalized spacial score (nSPS) is 10.4. The summed E-state index contributed by atoms with van der Waals surface area (Å²) >= 11 is 3.45. The predicted molar refractivity (Wildman–Crippen MR) is 78.9 cm³/mol. The molecule has 3 aromatic rings. The Kier molecular flexibility index (Phi) is 3.17. The number of hydrogen-bond acceptors (Lipinski definition) is 3. The van der Waals surface area contributed by atoms with Gasteiger partial charge in [-0.15, -0.1) is 0 Å². The van der Waals surface area contributed by atoms with Gasteiger partial charge in [0.05, 0.1) is 11.3 Å². The molecule has 0 aliphatic heterocycles. The Labute approximate surface area is 124 Å². The lowest BCUT2D eigenvalue weighted by Gasteiger charge is -2.08. The monoisotopic (exact) mass is 327 g/mol. The van der Waals surface area contributed by atoms with Gasteiger partial charge < -0.3 is 9.14 Å². The highest BCUT2D eigenvalue weighted by atomic mass is 79.9. The van der Waals surface area contributed by atoms with Crippen LogP contribution < -0.4 is 4.74 Å². The first-order valence-corrected chi connectivity index (χ1v) is 6.78. The van der Waals surface area contributed by atoms with E-state index in [4.69, 9.17) is 10.00 Å².